The SMILES string of the molecule is Cc1ccc2c(c1)C1(c3cc(C(C)(C)C)ccc3-2)c2ccccc2-c2c(N(c3ccc(-c4ccccc4)cc3)c3ccc4c(c3)C(C)(C)c3ccccc3-4)cccc21. The quantitative estimate of drug-likeness (QED) is 0.173. The van der Waals surface area contributed by atoms with Crippen LogP contribution >= 0.6 is 0 Å². The molecule has 58 heavy (non-hydrogen) atoms. The maximum atomic E-state index is 2.53. The third kappa shape index (κ3) is 4.77. The number of anilines is 3. The van der Waals surface area contributed by atoms with Crippen molar-refractivity contribution in [2.75, 3.05) is 4.90 Å². The largest absolute Gasteiger partial charge is 0.310 e. The van der Waals surface area contributed by atoms with Gasteiger partial charge in [-0.15, -0.1) is 0 Å². The first-order chi connectivity index (χ1) is 28.1. The second kappa shape index (κ2) is 12.3. The van der Waals surface area contributed by atoms with Crippen molar-refractivity contribution in [1.82, 2.24) is 0 Å². The van der Waals surface area contributed by atoms with Gasteiger partial charge in [-0.3, -0.25) is 0 Å². The second-order valence-electron chi connectivity index (χ2n) is 18.2. The lowest BCUT2D eigenvalue weighted by Gasteiger charge is -2.33. The van der Waals surface area contributed by atoms with Crippen molar-refractivity contribution in [1.29, 1.82) is 0 Å². The van der Waals surface area contributed by atoms with E-state index in [9.17, 15) is 0 Å². The van der Waals surface area contributed by atoms with Gasteiger partial charge in [-0.1, -0.05) is 186 Å². The van der Waals surface area contributed by atoms with Crippen molar-refractivity contribution < 1.29 is 0 Å². The Morgan fingerprint density at radius 2 is 0.983 bits per heavy atom. The molecule has 0 amide bonds. The van der Waals surface area contributed by atoms with Gasteiger partial charge in [0.1, 0.15) is 0 Å². The molecule has 0 heterocycles. The van der Waals surface area contributed by atoms with Crippen LogP contribution in [0.15, 0.2) is 176 Å². The molecule has 0 fully saturated rings. The fourth-order valence-electron chi connectivity index (χ4n) is 10.7. The zero-order valence-corrected chi connectivity index (χ0v) is 34.2. The molecule has 0 aromatic heterocycles. The molecular formula is C57H47N. The van der Waals surface area contributed by atoms with E-state index in [-0.39, 0.29) is 10.8 Å². The summed E-state index contributed by atoms with van der Waals surface area (Å²) in [6, 6.07) is 66.7. The van der Waals surface area contributed by atoms with Crippen LogP contribution in [0.1, 0.15) is 79.1 Å². The van der Waals surface area contributed by atoms with Crippen LogP contribution in [0.25, 0.3) is 44.5 Å². The Bertz CT molecular complexity index is 2960. The minimum Gasteiger partial charge on any atom is -0.310 e. The molecule has 8 aromatic carbocycles. The minimum atomic E-state index is -0.454. The Hall–Kier alpha value is -6.44. The van der Waals surface area contributed by atoms with E-state index in [2.05, 4.69) is 222 Å². The van der Waals surface area contributed by atoms with Crippen LogP contribution in [0.4, 0.5) is 17.1 Å². The zero-order valence-electron chi connectivity index (χ0n) is 34.2. The molecule has 0 N–H and O–H groups in total. The lowest BCUT2D eigenvalue weighted by atomic mass is 9.69. The molecule has 3 aliphatic rings. The Morgan fingerprint density at radius 1 is 0.414 bits per heavy atom. The molecule has 0 saturated heterocycles. The molecule has 0 saturated carbocycles. The van der Waals surface area contributed by atoms with Crippen molar-refractivity contribution in [3.8, 4) is 44.5 Å². The van der Waals surface area contributed by atoms with Gasteiger partial charge < -0.3 is 4.90 Å². The summed E-state index contributed by atoms with van der Waals surface area (Å²) in [4.78, 5) is 2.53. The molecule has 1 atom stereocenters. The highest BCUT2D eigenvalue weighted by atomic mass is 15.1. The molecule has 0 bridgehead atoms. The number of benzene rings is 8. The summed E-state index contributed by atoms with van der Waals surface area (Å²) in [5.41, 5.74) is 24.2. The number of nitrogens with zero attached hydrogens (tertiary/aromatic N) is 1. The Morgan fingerprint density at radius 3 is 1.74 bits per heavy atom. The standard InChI is InChI=1S/C57H47N/c1-36-23-30-44-45-31-26-39(55(2,3)4)34-52(45)57(51(44)33-36)48-20-13-11-18-46(48)54-49(57)21-14-22-53(54)58(40-27-24-38(25-28-40)37-15-8-7-9-16-37)41-29-32-43-42-17-10-12-19-47(42)56(5,6)50(43)35-41/h7-35H,1-6H3. The third-order valence-corrected chi connectivity index (χ3v) is 13.5. The van der Waals surface area contributed by atoms with E-state index in [0.29, 0.717) is 0 Å². The lowest BCUT2D eigenvalue weighted by molar-refractivity contribution is 0.588. The van der Waals surface area contributed by atoms with Gasteiger partial charge in [0.2, 0.25) is 0 Å². The summed E-state index contributed by atoms with van der Waals surface area (Å²) in [5, 5.41) is 0. The van der Waals surface area contributed by atoms with Crippen molar-refractivity contribution in [2.45, 2.75) is 57.8 Å². The average molecular weight is 746 g/mol. The van der Waals surface area contributed by atoms with E-state index >= 15 is 0 Å². The normalized spacial score (nSPS) is 16.3. The van der Waals surface area contributed by atoms with Crippen LogP contribution in [0, 0.1) is 6.92 Å². The zero-order chi connectivity index (χ0) is 39.6. The second-order valence-corrected chi connectivity index (χ2v) is 18.2. The molecule has 280 valence electrons. The first kappa shape index (κ1) is 34.8. The summed E-state index contributed by atoms with van der Waals surface area (Å²) in [6.45, 7) is 14.0. The summed E-state index contributed by atoms with van der Waals surface area (Å²) in [5.74, 6) is 0. The maximum absolute atomic E-state index is 2.53. The van der Waals surface area contributed by atoms with Gasteiger partial charge in [0, 0.05) is 22.4 Å². The minimum absolute atomic E-state index is 0.00737. The number of hydrogen-bond donors (Lipinski definition) is 0. The van der Waals surface area contributed by atoms with E-state index in [1.165, 1.54) is 94.7 Å². The first-order valence-corrected chi connectivity index (χ1v) is 20.8. The third-order valence-electron chi connectivity index (χ3n) is 13.5. The summed E-state index contributed by atoms with van der Waals surface area (Å²) in [7, 11) is 0. The predicted octanol–water partition coefficient (Wildman–Crippen LogP) is 15.1. The monoisotopic (exact) mass is 745 g/mol. The fourth-order valence-corrected chi connectivity index (χ4v) is 10.7. The highest BCUT2D eigenvalue weighted by Gasteiger charge is 2.53. The van der Waals surface area contributed by atoms with Crippen LogP contribution in [0.3, 0.4) is 0 Å². The van der Waals surface area contributed by atoms with Gasteiger partial charge in [0.05, 0.1) is 11.1 Å². The lowest BCUT2D eigenvalue weighted by Crippen LogP contribution is -2.27. The first-order valence-electron chi connectivity index (χ1n) is 20.8. The number of fused-ring (bicyclic) bond motifs is 13. The molecular weight excluding hydrogens is 699 g/mol. The topological polar surface area (TPSA) is 3.24 Å². The summed E-state index contributed by atoms with van der Waals surface area (Å²) < 4.78 is 0. The Balaban J connectivity index is 1.20. The molecule has 1 heteroatoms. The van der Waals surface area contributed by atoms with Crippen LogP contribution in [0.2, 0.25) is 0 Å². The van der Waals surface area contributed by atoms with Crippen LogP contribution in [-0.4, -0.2) is 0 Å². The number of aryl methyl sites for hydroxylation is 1. The highest BCUT2D eigenvalue weighted by Crippen LogP contribution is 2.65. The Labute approximate surface area is 343 Å². The molecule has 0 aliphatic heterocycles. The van der Waals surface area contributed by atoms with E-state index in [1.54, 1.807) is 0 Å². The summed E-state index contributed by atoms with van der Waals surface area (Å²) >= 11 is 0. The van der Waals surface area contributed by atoms with Crippen molar-refractivity contribution in [3.05, 3.63) is 220 Å². The fraction of sp³-hybridized carbons (Fsp3) is 0.158. The van der Waals surface area contributed by atoms with Crippen LogP contribution in [0.5, 0.6) is 0 Å². The van der Waals surface area contributed by atoms with Crippen LogP contribution in [-0.2, 0) is 16.2 Å². The molecule has 0 radical (unpaired) electrons. The van der Waals surface area contributed by atoms with E-state index in [4.69, 9.17) is 0 Å². The van der Waals surface area contributed by atoms with E-state index < -0.39 is 5.41 Å². The predicted molar refractivity (Wildman–Crippen MR) is 244 cm³/mol. The van der Waals surface area contributed by atoms with Gasteiger partial charge in [-0.25, -0.2) is 0 Å². The van der Waals surface area contributed by atoms with Crippen molar-refractivity contribution in [2.24, 2.45) is 0 Å². The van der Waals surface area contributed by atoms with Gasteiger partial charge in [-0.05, 0) is 121 Å². The van der Waals surface area contributed by atoms with E-state index in [1.807, 2.05) is 0 Å². The smallest absolute Gasteiger partial charge is 0.0726 e. The molecule has 3 aliphatic carbocycles. The molecule has 11 rings (SSSR count). The Kier molecular flexibility index (Phi) is 7.36. The molecule has 8 aromatic rings. The highest BCUT2D eigenvalue weighted by molar-refractivity contribution is 6.01. The van der Waals surface area contributed by atoms with Crippen molar-refractivity contribution >= 4 is 17.1 Å². The maximum Gasteiger partial charge on any atom is 0.0726 e. The van der Waals surface area contributed by atoms with Gasteiger partial charge in [-0.2, -0.15) is 0 Å². The summed E-state index contributed by atoms with van der Waals surface area (Å²) in [6.07, 6.45) is 0. The van der Waals surface area contributed by atoms with Crippen LogP contribution < -0.4 is 4.90 Å². The number of rotatable bonds is 4. The average Bonchev–Trinajstić information content (AvgIpc) is 3.79. The molecule has 1 unspecified atom stereocenters. The van der Waals surface area contributed by atoms with E-state index in [0.717, 1.165) is 11.4 Å². The van der Waals surface area contributed by atoms with Gasteiger partial charge in [0.25, 0.3) is 0 Å². The molecule has 1 nitrogen and oxygen atoms in total. The van der Waals surface area contributed by atoms with Crippen molar-refractivity contribution in [3.63, 3.8) is 0 Å². The molecule has 1 spiro atoms. The van der Waals surface area contributed by atoms with Gasteiger partial charge in [0.15, 0.2) is 0 Å². The number of hydrogen-bond acceptors (Lipinski definition) is 1. The van der Waals surface area contributed by atoms with Gasteiger partial charge >= 0.3 is 0 Å².